The first kappa shape index (κ1) is 17.2. The first-order valence-corrected chi connectivity index (χ1v) is 7.83. The minimum Gasteiger partial charge on any atom is -0.491 e. The van der Waals surface area contributed by atoms with Crippen molar-refractivity contribution in [3.05, 3.63) is 17.0 Å². The highest BCUT2D eigenvalue weighted by Crippen LogP contribution is 2.33. The quantitative estimate of drug-likeness (QED) is 0.474. The van der Waals surface area contributed by atoms with Gasteiger partial charge in [0.05, 0.1) is 29.3 Å². The van der Waals surface area contributed by atoms with E-state index in [1.165, 1.54) is 25.6 Å². The Hall–Kier alpha value is -2.15. The number of rotatable bonds is 5. The highest BCUT2D eigenvalue weighted by molar-refractivity contribution is 7.20. The summed E-state index contributed by atoms with van der Waals surface area (Å²) in [5, 5.41) is 0. The Bertz CT molecular complexity index is 704. The number of ether oxygens (including phenoxy) is 3. The summed E-state index contributed by atoms with van der Waals surface area (Å²) in [6.45, 7) is 5.28. The predicted octanol–water partition coefficient (Wildman–Crippen LogP) is 3.23. The second-order valence-electron chi connectivity index (χ2n) is 5.88. The third-order valence-corrected chi connectivity index (χ3v) is 3.96. The summed E-state index contributed by atoms with van der Waals surface area (Å²) in [6.07, 6.45) is -0.293. The summed E-state index contributed by atoms with van der Waals surface area (Å²) in [7, 11) is 3.02. The van der Waals surface area contributed by atoms with E-state index < -0.39 is 11.6 Å². The van der Waals surface area contributed by atoms with Crippen molar-refractivity contribution >= 4 is 33.3 Å². The number of fused-ring (bicyclic) bond motifs is 1. The number of carbonyl (C=O) groups excluding carboxylic acids is 2. The number of hydrogen-bond donors (Lipinski definition) is 0. The van der Waals surface area contributed by atoms with Gasteiger partial charge in [-0.3, -0.25) is 9.59 Å². The zero-order valence-electron chi connectivity index (χ0n) is 13.8. The van der Waals surface area contributed by atoms with E-state index in [4.69, 9.17) is 14.2 Å². The average Bonchev–Trinajstić information content (AvgIpc) is 2.86. The number of esters is 1. The molecule has 0 aliphatic rings. The average molecular weight is 337 g/mol. The second kappa shape index (κ2) is 6.54. The molecule has 2 heterocycles. The SMILES string of the molecule is COc1cc2sc(C(=O)CC(=O)OC(C)(C)C)cc2nc1OC. The van der Waals surface area contributed by atoms with Gasteiger partial charge in [-0.15, -0.1) is 11.3 Å². The van der Waals surface area contributed by atoms with Crippen molar-refractivity contribution in [1.82, 2.24) is 4.98 Å². The molecule has 0 aromatic carbocycles. The summed E-state index contributed by atoms with van der Waals surface area (Å²) in [5.41, 5.74) is 0.0139. The van der Waals surface area contributed by atoms with E-state index in [0.717, 1.165) is 4.70 Å². The molecule has 0 unspecified atom stereocenters. The molecule has 0 N–H and O–H groups in total. The third kappa shape index (κ3) is 4.19. The molecular weight excluding hydrogens is 318 g/mol. The van der Waals surface area contributed by atoms with Crippen LogP contribution in [0.1, 0.15) is 36.9 Å². The molecule has 0 radical (unpaired) electrons. The normalized spacial score (nSPS) is 11.3. The van der Waals surface area contributed by atoms with Crippen LogP contribution in [0.2, 0.25) is 0 Å². The third-order valence-electron chi connectivity index (χ3n) is 2.85. The van der Waals surface area contributed by atoms with Gasteiger partial charge in [-0.1, -0.05) is 0 Å². The zero-order valence-corrected chi connectivity index (χ0v) is 14.6. The summed E-state index contributed by atoms with van der Waals surface area (Å²) >= 11 is 1.26. The Balaban J connectivity index is 2.23. The molecule has 124 valence electrons. The van der Waals surface area contributed by atoms with Gasteiger partial charge < -0.3 is 14.2 Å². The van der Waals surface area contributed by atoms with Crippen LogP contribution in [0.25, 0.3) is 10.2 Å². The molecule has 2 aromatic heterocycles. The Kier molecular flexibility index (Phi) is 4.89. The molecule has 0 atom stereocenters. The van der Waals surface area contributed by atoms with E-state index in [1.807, 2.05) is 0 Å². The molecule has 0 amide bonds. The maximum atomic E-state index is 12.2. The van der Waals surface area contributed by atoms with Gasteiger partial charge in [0, 0.05) is 6.07 Å². The second-order valence-corrected chi connectivity index (χ2v) is 6.96. The van der Waals surface area contributed by atoms with Crippen molar-refractivity contribution in [3.63, 3.8) is 0 Å². The maximum Gasteiger partial charge on any atom is 0.314 e. The molecule has 0 aliphatic heterocycles. The lowest BCUT2D eigenvalue weighted by Gasteiger charge is -2.18. The fourth-order valence-corrected chi connectivity index (χ4v) is 2.93. The molecule has 2 rings (SSSR count). The van der Waals surface area contributed by atoms with Gasteiger partial charge in [-0.2, -0.15) is 0 Å². The fraction of sp³-hybridized carbons (Fsp3) is 0.438. The number of thiophene rings is 1. The molecule has 23 heavy (non-hydrogen) atoms. The first-order chi connectivity index (χ1) is 10.7. The summed E-state index contributed by atoms with van der Waals surface area (Å²) in [4.78, 5) is 28.8. The lowest BCUT2D eigenvalue weighted by Crippen LogP contribution is -2.25. The van der Waals surface area contributed by atoms with Crippen LogP contribution < -0.4 is 9.47 Å². The molecule has 7 heteroatoms. The number of Topliss-reactive ketones (excluding diaryl/α,β-unsaturated/α-hetero) is 1. The minimum atomic E-state index is -0.611. The van der Waals surface area contributed by atoms with E-state index in [1.54, 1.807) is 32.9 Å². The smallest absolute Gasteiger partial charge is 0.314 e. The van der Waals surface area contributed by atoms with Crippen molar-refractivity contribution in [1.29, 1.82) is 0 Å². The van der Waals surface area contributed by atoms with E-state index >= 15 is 0 Å². The Labute approximate surface area is 138 Å². The summed E-state index contributed by atoms with van der Waals surface area (Å²) in [6, 6.07) is 3.41. The van der Waals surface area contributed by atoms with Crippen molar-refractivity contribution in [3.8, 4) is 11.6 Å². The molecule has 0 spiro atoms. The first-order valence-electron chi connectivity index (χ1n) is 7.01. The highest BCUT2D eigenvalue weighted by atomic mass is 32.1. The van der Waals surface area contributed by atoms with Gasteiger partial charge in [0.15, 0.2) is 11.5 Å². The van der Waals surface area contributed by atoms with Crippen molar-refractivity contribution < 1.29 is 23.8 Å². The Morgan fingerprint density at radius 1 is 1.17 bits per heavy atom. The molecule has 2 aromatic rings. The monoisotopic (exact) mass is 337 g/mol. The summed E-state index contributed by atoms with van der Waals surface area (Å²) in [5.74, 6) is 0.0141. The van der Waals surface area contributed by atoms with Crippen molar-refractivity contribution in [2.45, 2.75) is 32.8 Å². The molecule has 0 saturated carbocycles. The number of hydrogen-bond acceptors (Lipinski definition) is 7. The van der Waals surface area contributed by atoms with Crippen LogP contribution in [-0.4, -0.2) is 36.6 Å². The van der Waals surface area contributed by atoms with Crippen LogP contribution >= 0.6 is 11.3 Å². The van der Waals surface area contributed by atoms with Crippen LogP contribution in [0.15, 0.2) is 12.1 Å². The number of aromatic nitrogens is 1. The highest BCUT2D eigenvalue weighted by Gasteiger charge is 2.21. The number of nitrogens with zero attached hydrogens (tertiary/aromatic N) is 1. The minimum absolute atomic E-state index is 0.291. The van der Waals surface area contributed by atoms with Crippen LogP contribution in [-0.2, 0) is 9.53 Å². The van der Waals surface area contributed by atoms with E-state index in [9.17, 15) is 9.59 Å². The summed E-state index contributed by atoms with van der Waals surface area (Å²) < 4.78 is 16.3. The Morgan fingerprint density at radius 3 is 2.43 bits per heavy atom. The van der Waals surface area contributed by atoms with Gasteiger partial charge in [-0.25, -0.2) is 4.98 Å². The van der Waals surface area contributed by atoms with E-state index in [2.05, 4.69) is 4.98 Å². The molecule has 6 nitrogen and oxygen atoms in total. The topological polar surface area (TPSA) is 74.7 Å². The van der Waals surface area contributed by atoms with Gasteiger partial charge in [0.25, 0.3) is 5.88 Å². The zero-order chi connectivity index (χ0) is 17.2. The van der Waals surface area contributed by atoms with Gasteiger partial charge in [0.1, 0.15) is 12.0 Å². The predicted molar refractivity (Wildman–Crippen MR) is 87.5 cm³/mol. The van der Waals surface area contributed by atoms with Crippen molar-refractivity contribution in [2.24, 2.45) is 0 Å². The van der Waals surface area contributed by atoms with Crippen LogP contribution in [0.3, 0.4) is 0 Å². The van der Waals surface area contributed by atoms with Gasteiger partial charge >= 0.3 is 5.97 Å². The lowest BCUT2D eigenvalue weighted by molar-refractivity contribution is -0.153. The van der Waals surface area contributed by atoms with Gasteiger partial charge in [0.2, 0.25) is 0 Å². The standard InChI is InChI=1S/C16H19NO5S/c1-16(2,3)22-14(19)7-10(18)13-6-9-12(23-13)8-11(20-4)15(17-9)21-5/h6,8H,7H2,1-5H3. The number of pyridine rings is 1. The Morgan fingerprint density at radius 2 is 1.87 bits per heavy atom. The van der Waals surface area contributed by atoms with E-state index in [-0.39, 0.29) is 12.2 Å². The molecular formula is C16H19NO5S. The number of ketones is 1. The van der Waals surface area contributed by atoms with E-state index in [0.29, 0.717) is 22.0 Å². The molecule has 0 bridgehead atoms. The maximum absolute atomic E-state index is 12.2. The lowest BCUT2D eigenvalue weighted by atomic mass is 10.2. The van der Waals surface area contributed by atoms with Crippen LogP contribution in [0, 0.1) is 0 Å². The molecule has 0 saturated heterocycles. The van der Waals surface area contributed by atoms with Gasteiger partial charge in [-0.05, 0) is 26.8 Å². The van der Waals surface area contributed by atoms with Crippen molar-refractivity contribution in [2.75, 3.05) is 14.2 Å². The fourth-order valence-electron chi connectivity index (χ4n) is 1.96. The number of carbonyl (C=O) groups is 2. The largest absolute Gasteiger partial charge is 0.491 e. The van der Waals surface area contributed by atoms with Crippen LogP contribution in [0.5, 0.6) is 11.6 Å². The number of methoxy groups -OCH3 is 2. The molecule has 0 aliphatic carbocycles. The molecule has 0 fully saturated rings. The van der Waals surface area contributed by atoms with Crippen LogP contribution in [0.4, 0.5) is 0 Å².